The van der Waals surface area contributed by atoms with E-state index < -0.39 is 11.8 Å². The van der Waals surface area contributed by atoms with Gasteiger partial charge >= 0.3 is 11.8 Å². The number of carbonyl (C=O) groups excluding carboxylic acids is 3. The molecule has 0 aliphatic heterocycles. The monoisotopic (exact) mass is 401 g/mol. The van der Waals surface area contributed by atoms with Crippen molar-refractivity contribution in [3.63, 3.8) is 0 Å². The summed E-state index contributed by atoms with van der Waals surface area (Å²) < 4.78 is 0. The van der Waals surface area contributed by atoms with Crippen LogP contribution in [0.2, 0.25) is 0 Å². The molecule has 0 atom stereocenters. The van der Waals surface area contributed by atoms with E-state index in [2.05, 4.69) is 16.0 Å². The third kappa shape index (κ3) is 6.04. The Kier molecular flexibility index (Phi) is 7.33. The van der Waals surface area contributed by atoms with Gasteiger partial charge in [0.25, 0.3) is 5.91 Å². The minimum Gasteiger partial charge on any atom is -0.352 e. The fourth-order valence-corrected chi connectivity index (χ4v) is 2.89. The fourth-order valence-electron chi connectivity index (χ4n) is 2.89. The van der Waals surface area contributed by atoms with Crippen molar-refractivity contribution in [3.05, 3.63) is 102 Å². The second kappa shape index (κ2) is 10.6. The van der Waals surface area contributed by atoms with Gasteiger partial charge in [-0.2, -0.15) is 0 Å². The van der Waals surface area contributed by atoms with Crippen molar-refractivity contribution in [1.82, 2.24) is 10.6 Å². The molecule has 0 fully saturated rings. The maximum absolute atomic E-state index is 12.6. The van der Waals surface area contributed by atoms with Gasteiger partial charge in [-0.05, 0) is 29.7 Å². The summed E-state index contributed by atoms with van der Waals surface area (Å²) in [5.41, 5.74) is 2.59. The highest BCUT2D eigenvalue weighted by Gasteiger charge is 2.17. The summed E-state index contributed by atoms with van der Waals surface area (Å²) in [5.74, 6) is -1.90. The van der Waals surface area contributed by atoms with Gasteiger partial charge < -0.3 is 16.0 Å². The second-order valence-electron chi connectivity index (χ2n) is 6.66. The second-order valence-corrected chi connectivity index (χ2v) is 6.66. The van der Waals surface area contributed by atoms with Crippen LogP contribution in [-0.4, -0.2) is 24.3 Å². The van der Waals surface area contributed by atoms with E-state index in [9.17, 15) is 14.4 Å². The Bertz CT molecular complexity index is 1000. The van der Waals surface area contributed by atoms with Crippen molar-refractivity contribution in [1.29, 1.82) is 0 Å². The van der Waals surface area contributed by atoms with Crippen LogP contribution in [-0.2, 0) is 22.6 Å². The number of amides is 3. The van der Waals surface area contributed by atoms with E-state index >= 15 is 0 Å². The van der Waals surface area contributed by atoms with Crippen molar-refractivity contribution >= 4 is 23.4 Å². The number of anilines is 1. The molecule has 0 saturated heterocycles. The van der Waals surface area contributed by atoms with Crippen molar-refractivity contribution in [2.24, 2.45) is 0 Å². The zero-order chi connectivity index (χ0) is 21.2. The van der Waals surface area contributed by atoms with Crippen LogP contribution in [0.15, 0.2) is 84.9 Å². The lowest BCUT2D eigenvalue weighted by molar-refractivity contribution is -0.136. The number of benzene rings is 3. The summed E-state index contributed by atoms with van der Waals surface area (Å²) >= 11 is 0. The van der Waals surface area contributed by atoms with Crippen molar-refractivity contribution in [2.75, 3.05) is 11.9 Å². The lowest BCUT2D eigenvalue weighted by atomic mass is 10.1. The van der Waals surface area contributed by atoms with Gasteiger partial charge in [-0.15, -0.1) is 0 Å². The zero-order valence-electron chi connectivity index (χ0n) is 16.4. The minimum absolute atomic E-state index is 0.245. The Balaban J connectivity index is 1.55. The summed E-state index contributed by atoms with van der Waals surface area (Å²) in [4.78, 5) is 36.9. The molecule has 0 aromatic heterocycles. The van der Waals surface area contributed by atoms with Crippen LogP contribution >= 0.6 is 0 Å². The van der Waals surface area contributed by atoms with E-state index in [1.54, 1.807) is 24.3 Å². The van der Waals surface area contributed by atoms with E-state index in [0.29, 0.717) is 18.5 Å². The lowest BCUT2D eigenvalue weighted by Crippen LogP contribution is -2.35. The first-order valence-corrected chi connectivity index (χ1v) is 9.68. The number of para-hydroxylation sites is 1. The van der Waals surface area contributed by atoms with E-state index in [-0.39, 0.29) is 18.1 Å². The Hall–Kier alpha value is -3.93. The van der Waals surface area contributed by atoms with E-state index in [0.717, 1.165) is 11.1 Å². The predicted molar refractivity (Wildman–Crippen MR) is 116 cm³/mol. The molecular weight excluding hydrogens is 378 g/mol. The van der Waals surface area contributed by atoms with Crippen LogP contribution in [0.4, 0.5) is 5.69 Å². The van der Waals surface area contributed by atoms with Gasteiger partial charge in [-0.25, -0.2) is 0 Å². The van der Waals surface area contributed by atoms with Crippen LogP contribution in [0.5, 0.6) is 0 Å². The van der Waals surface area contributed by atoms with Crippen molar-refractivity contribution < 1.29 is 14.4 Å². The van der Waals surface area contributed by atoms with Crippen molar-refractivity contribution in [2.45, 2.75) is 13.0 Å². The molecule has 152 valence electrons. The smallest absolute Gasteiger partial charge is 0.313 e. The molecule has 3 aromatic carbocycles. The highest BCUT2D eigenvalue weighted by Crippen LogP contribution is 2.15. The maximum atomic E-state index is 12.6. The molecule has 3 N–H and O–H groups in total. The molecule has 6 nitrogen and oxygen atoms in total. The first-order chi connectivity index (χ1) is 14.6. The van der Waals surface area contributed by atoms with Gasteiger partial charge in [0, 0.05) is 13.1 Å². The third-order valence-corrected chi connectivity index (χ3v) is 4.46. The molecule has 0 bridgehead atoms. The number of carbonyl (C=O) groups is 3. The van der Waals surface area contributed by atoms with Crippen molar-refractivity contribution in [3.8, 4) is 0 Å². The average molecular weight is 401 g/mol. The molecule has 6 heteroatoms. The van der Waals surface area contributed by atoms with Gasteiger partial charge in [-0.1, -0.05) is 72.8 Å². The molecule has 0 saturated carbocycles. The quantitative estimate of drug-likeness (QED) is 0.532. The summed E-state index contributed by atoms with van der Waals surface area (Å²) in [6.07, 6.45) is 0.697. The maximum Gasteiger partial charge on any atom is 0.313 e. The molecule has 0 radical (unpaired) electrons. The van der Waals surface area contributed by atoms with Crippen LogP contribution < -0.4 is 16.0 Å². The molecule has 3 amide bonds. The van der Waals surface area contributed by atoms with E-state index in [4.69, 9.17) is 0 Å². The highest BCUT2D eigenvalue weighted by molar-refractivity contribution is 6.40. The predicted octanol–water partition coefficient (Wildman–Crippen LogP) is 2.91. The molecule has 30 heavy (non-hydrogen) atoms. The van der Waals surface area contributed by atoms with Crippen LogP contribution in [0, 0.1) is 0 Å². The first-order valence-electron chi connectivity index (χ1n) is 9.68. The number of hydrogen-bond donors (Lipinski definition) is 3. The molecule has 0 heterocycles. The average Bonchev–Trinajstić information content (AvgIpc) is 2.79. The van der Waals surface area contributed by atoms with Gasteiger partial charge in [0.05, 0.1) is 11.3 Å². The van der Waals surface area contributed by atoms with E-state index in [1.807, 2.05) is 60.7 Å². The lowest BCUT2D eigenvalue weighted by Gasteiger charge is -2.11. The van der Waals surface area contributed by atoms with Gasteiger partial charge in [0.1, 0.15) is 0 Å². The molecule has 0 aliphatic carbocycles. The molecular formula is C24H23N3O3. The SMILES string of the molecule is O=C(NCc1ccccc1)C(=O)Nc1ccccc1C(=O)NCCc1ccccc1. The summed E-state index contributed by atoms with van der Waals surface area (Å²) in [6, 6.07) is 25.7. The first kappa shape index (κ1) is 20.8. The Morgan fingerprint density at radius 2 is 1.23 bits per heavy atom. The Morgan fingerprint density at radius 1 is 0.633 bits per heavy atom. The molecule has 3 rings (SSSR count). The largest absolute Gasteiger partial charge is 0.352 e. The number of hydrogen-bond acceptors (Lipinski definition) is 3. The molecule has 0 unspecified atom stereocenters. The van der Waals surface area contributed by atoms with Crippen LogP contribution in [0.3, 0.4) is 0 Å². The van der Waals surface area contributed by atoms with Gasteiger partial charge in [0.2, 0.25) is 0 Å². The summed E-state index contributed by atoms with van der Waals surface area (Å²) in [5, 5.41) is 7.94. The standard InChI is InChI=1S/C24H23N3O3/c28-22(25-16-15-18-9-3-1-4-10-18)20-13-7-8-14-21(20)27-24(30)23(29)26-17-19-11-5-2-6-12-19/h1-14H,15-17H2,(H,25,28)(H,26,29)(H,27,30). The summed E-state index contributed by atoms with van der Waals surface area (Å²) in [6.45, 7) is 0.706. The van der Waals surface area contributed by atoms with Gasteiger partial charge in [0.15, 0.2) is 0 Å². The zero-order valence-corrected chi connectivity index (χ0v) is 16.4. The molecule has 3 aromatic rings. The summed E-state index contributed by atoms with van der Waals surface area (Å²) in [7, 11) is 0. The normalized spacial score (nSPS) is 10.1. The van der Waals surface area contributed by atoms with Crippen LogP contribution in [0.1, 0.15) is 21.5 Å². The fraction of sp³-hybridized carbons (Fsp3) is 0.125. The number of rotatable bonds is 7. The highest BCUT2D eigenvalue weighted by atomic mass is 16.2. The van der Waals surface area contributed by atoms with E-state index in [1.165, 1.54) is 0 Å². The number of nitrogens with one attached hydrogen (secondary N) is 3. The molecule has 0 aliphatic rings. The third-order valence-electron chi connectivity index (χ3n) is 4.46. The van der Waals surface area contributed by atoms with Crippen LogP contribution in [0.25, 0.3) is 0 Å². The Morgan fingerprint density at radius 3 is 1.93 bits per heavy atom. The van der Waals surface area contributed by atoms with Gasteiger partial charge in [-0.3, -0.25) is 14.4 Å². The topological polar surface area (TPSA) is 87.3 Å². The Labute approximate surface area is 175 Å². The minimum atomic E-state index is -0.824. The molecule has 0 spiro atoms.